The number of rotatable bonds is 9. The SMILES string of the molecule is CCOc1ccc(NC(=O)/C(C#N)=C/c2ccc(OC)cc2OCc2ccccc2Cl)cc1. The zero-order valence-corrected chi connectivity index (χ0v) is 19.1. The van der Waals surface area contributed by atoms with Crippen molar-refractivity contribution in [1.29, 1.82) is 5.26 Å². The Morgan fingerprint density at radius 1 is 1.06 bits per heavy atom. The lowest BCUT2D eigenvalue weighted by Gasteiger charge is -2.12. The van der Waals surface area contributed by atoms with Gasteiger partial charge in [-0.2, -0.15) is 5.26 Å². The molecule has 0 radical (unpaired) electrons. The van der Waals surface area contributed by atoms with Gasteiger partial charge < -0.3 is 19.5 Å². The second-order valence-corrected chi connectivity index (χ2v) is 7.27. The molecule has 33 heavy (non-hydrogen) atoms. The largest absolute Gasteiger partial charge is 0.497 e. The first kappa shape index (κ1) is 23.7. The van der Waals surface area contributed by atoms with E-state index < -0.39 is 5.91 Å². The molecule has 6 nitrogen and oxygen atoms in total. The summed E-state index contributed by atoms with van der Waals surface area (Å²) < 4.78 is 16.7. The van der Waals surface area contributed by atoms with Crippen LogP contribution in [-0.4, -0.2) is 19.6 Å². The quantitative estimate of drug-likeness (QED) is 0.317. The molecular formula is C26H23ClN2O4. The molecule has 3 aromatic carbocycles. The minimum atomic E-state index is -0.533. The standard InChI is InChI=1S/C26H23ClN2O4/c1-3-32-22-12-9-21(10-13-22)29-26(30)20(16-28)14-18-8-11-23(31-2)15-25(18)33-17-19-6-4-5-7-24(19)27/h4-15H,3,17H2,1-2H3,(H,29,30)/b20-14+. The van der Waals surface area contributed by atoms with Crippen LogP contribution in [0.2, 0.25) is 5.02 Å². The van der Waals surface area contributed by atoms with Crippen LogP contribution >= 0.6 is 11.6 Å². The number of ether oxygens (including phenoxy) is 3. The summed E-state index contributed by atoms with van der Waals surface area (Å²) in [5, 5.41) is 12.9. The lowest BCUT2D eigenvalue weighted by atomic mass is 10.1. The summed E-state index contributed by atoms with van der Waals surface area (Å²) in [5.41, 5.74) is 1.85. The van der Waals surface area contributed by atoms with Crippen LogP contribution in [0.25, 0.3) is 6.08 Å². The van der Waals surface area contributed by atoms with Gasteiger partial charge in [-0.1, -0.05) is 29.8 Å². The van der Waals surface area contributed by atoms with Crippen LogP contribution < -0.4 is 19.5 Å². The van der Waals surface area contributed by atoms with Crippen molar-refractivity contribution in [3.8, 4) is 23.3 Å². The Morgan fingerprint density at radius 2 is 1.79 bits per heavy atom. The minimum absolute atomic E-state index is 0.0726. The molecule has 7 heteroatoms. The highest BCUT2D eigenvalue weighted by Crippen LogP contribution is 2.29. The van der Waals surface area contributed by atoms with Crippen molar-refractivity contribution < 1.29 is 19.0 Å². The van der Waals surface area contributed by atoms with Crippen LogP contribution in [0.15, 0.2) is 72.3 Å². The van der Waals surface area contributed by atoms with Crippen molar-refractivity contribution in [3.05, 3.63) is 88.5 Å². The Balaban J connectivity index is 1.82. The smallest absolute Gasteiger partial charge is 0.266 e. The predicted octanol–water partition coefficient (Wildman–Crippen LogP) is 5.87. The zero-order chi connectivity index (χ0) is 23.6. The molecule has 0 spiro atoms. The molecule has 0 atom stereocenters. The third-order valence-corrected chi connectivity index (χ3v) is 5.02. The van der Waals surface area contributed by atoms with Crippen molar-refractivity contribution in [1.82, 2.24) is 0 Å². The van der Waals surface area contributed by atoms with Gasteiger partial charge in [-0.3, -0.25) is 4.79 Å². The van der Waals surface area contributed by atoms with E-state index in [1.54, 1.807) is 55.6 Å². The summed E-state index contributed by atoms with van der Waals surface area (Å²) in [6, 6.07) is 21.4. The molecule has 0 aliphatic rings. The summed E-state index contributed by atoms with van der Waals surface area (Å²) in [5.74, 6) is 1.20. The Labute approximate surface area is 198 Å². The van der Waals surface area contributed by atoms with Crippen molar-refractivity contribution in [3.63, 3.8) is 0 Å². The molecule has 0 heterocycles. The number of benzene rings is 3. The fraction of sp³-hybridized carbons (Fsp3) is 0.154. The summed E-state index contributed by atoms with van der Waals surface area (Å²) in [7, 11) is 1.55. The van der Waals surface area contributed by atoms with E-state index >= 15 is 0 Å². The van der Waals surface area contributed by atoms with Gasteiger partial charge in [0.1, 0.15) is 35.5 Å². The number of amides is 1. The second-order valence-electron chi connectivity index (χ2n) is 6.87. The molecule has 0 bridgehead atoms. The normalized spacial score (nSPS) is 10.8. The zero-order valence-electron chi connectivity index (χ0n) is 18.3. The maximum Gasteiger partial charge on any atom is 0.266 e. The molecule has 168 valence electrons. The van der Waals surface area contributed by atoms with E-state index in [1.165, 1.54) is 6.08 Å². The van der Waals surface area contributed by atoms with E-state index in [2.05, 4.69) is 5.32 Å². The molecule has 0 unspecified atom stereocenters. The number of hydrogen-bond acceptors (Lipinski definition) is 5. The van der Waals surface area contributed by atoms with Gasteiger partial charge in [0.25, 0.3) is 5.91 Å². The van der Waals surface area contributed by atoms with E-state index in [9.17, 15) is 10.1 Å². The Morgan fingerprint density at radius 3 is 2.45 bits per heavy atom. The first-order valence-corrected chi connectivity index (χ1v) is 10.6. The average molecular weight is 463 g/mol. The molecule has 0 aromatic heterocycles. The Bertz CT molecular complexity index is 1180. The molecule has 3 rings (SSSR count). The monoisotopic (exact) mass is 462 g/mol. The van der Waals surface area contributed by atoms with Crippen LogP contribution in [0.1, 0.15) is 18.1 Å². The number of carbonyl (C=O) groups excluding carboxylic acids is 1. The lowest BCUT2D eigenvalue weighted by molar-refractivity contribution is -0.112. The van der Waals surface area contributed by atoms with Gasteiger partial charge in [0, 0.05) is 27.9 Å². The van der Waals surface area contributed by atoms with Crippen LogP contribution in [-0.2, 0) is 11.4 Å². The van der Waals surface area contributed by atoms with Gasteiger partial charge in [-0.25, -0.2) is 0 Å². The predicted molar refractivity (Wildman–Crippen MR) is 129 cm³/mol. The first-order valence-electron chi connectivity index (χ1n) is 10.2. The molecule has 3 aromatic rings. The van der Waals surface area contributed by atoms with E-state index in [-0.39, 0.29) is 12.2 Å². The van der Waals surface area contributed by atoms with E-state index in [0.29, 0.717) is 40.1 Å². The highest BCUT2D eigenvalue weighted by Gasteiger charge is 2.13. The first-order chi connectivity index (χ1) is 16.0. The number of hydrogen-bond donors (Lipinski definition) is 1. The molecular weight excluding hydrogens is 440 g/mol. The molecule has 1 N–H and O–H groups in total. The van der Waals surface area contributed by atoms with Crippen LogP contribution in [0.4, 0.5) is 5.69 Å². The Kier molecular flexibility index (Phi) is 8.34. The van der Waals surface area contributed by atoms with E-state index in [0.717, 1.165) is 5.56 Å². The van der Waals surface area contributed by atoms with Crippen molar-refractivity contribution >= 4 is 29.3 Å². The fourth-order valence-electron chi connectivity index (χ4n) is 2.96. The maximum atomic E-state index is 12.7. The van der Waals surface area contributed by atoms with Crippen LogP contribution in [0.3, 0.4) is 0 Å². The van der Waals surface area contributed by atoms with Crippen LogP contribution in [0.5, 0.6) is 17.2 Å². The van der Waals surface area contributed by atoms with Gasteiger partial charge >= 0.3 is 0 Å². The van der Waals surface area contributed by atoms with Gasteiger partial charge in [-0.05, 0) is 55.5 Å². The molecule has 0 aliphatic carbocycles. The van der Waals surface area contributed by atoms with Gasteiger partial charge in [0.05, 0.1) is 13.7 Å². The van der Waals surface area contributed by atoms with Crippen molar-refractivity contribution in [2.45, 2.75) is 13.5 Å². The molecule has 0 saturated carbocycles. The number of nitrogens with zero attached hydrogens (tertiary/aromatic N) is 1. The highest BCUT2D eigenvalue weighted by atomic mass is 35.5. The van der Waals surface area contributed by atoms with Crippen LogP contribution in [0, 0.1) is 11.3 Å². The number of nitrogens with one attached hydrogen (secondary N) is 1. The number of carbonyl (C=O) groups is 1. The third kappa shape index (κ3) is 6.52. The third-order valence-electron chi connectivity index (χ3n) is 4.65. The fourth-order valence-corrected chi connectivity index (χ4v) is 3.15. The molecule has 0 aliphatic heterocycles. The summed E-state index contributed by atoms with van der Waals surface area (Å²) in [6.07, 6.45) is 1.48. The van der Waals surface area contributed by atoms with E-state index in [4.69, 9.17) is 25.8 Å². The van der Waals surface area contributed by atoms with E-state index in [1.807, 2.05) is 31.2 Å². The average Bonchev–Trinajstić information content (AvgIpc) is 2.83. The topological polar surface area (TPSA) is 80.6 Å². The summed E-state index contributed by atoms with van der Waals surface area (Å²) in [6.45, 7) is 2.66. The number of halogens is 1. The summed E-state index contributed by atoms with van der Waals surface area (Å²) >= 11 is 6.22. The van der Waals surface area contributed by atoms with Gasteiger partial charge in [-0.15, -0.1) is 0 Å². The maximum absolute atomic E-state index is 12.7. The number of nitriles is 1. The number of methoxy groups -OCH3 is 1. The summed E-state index contributed by atoms with van der Waals surface area (Å²) in [4.78, 5) is 12.7. The number of anilines is 1. The molecule has 0 saturated heterocycles. The minimum Gasteiger partial charge on any atom is -0.497 e. The van der Waals surface area contributed by atoms with Crippen molar-refractivity contribution in [2.75, 3.05) is 19.0 Å². The van der Waals surface area contributed by atoms with Crippen molar-refractivity contribution in [2.24, 2.45) is 0 Å². The Hall–Kier alpha value is -3.95. The van der Waals surface area contributed by atoms with Gasteiger partial charge in [0.2, 0.25) is 0 Å². The highest BCUT2D eigenvalue weighted by molar-refractivity contribution is 6.31. The molecule has 0 fully saturated rings. The second kappa shape index (κ2) is 11.6. The van der Waals surface area contributed by atoms with Gasteiger partial charge in [0.15, 0.2) is 0 Å². The lowest BCUT2D eigenvalue weighted by Crippen LogP contribution is -2.13. The molecule has 1 amide bonds.